The molecule has 1 aliphatic carbocycles. The Labute approximate surface area is 161 Å². The molecule has 4 nitrogen and oxygen atoms in total. The highest BCUT2D eigenvalue weighted by Crippen LogP contribution is 2.40. The van der Waals surface area contributed by atoms with E-state index in [1.807, 2.05) is 6.07 Å². The van der Waals surface area contributed by atoms with E-state index in [1.165, 1.54) is 38.2 Å². The first-order chi connectivity index (χ1) is 11.1. The lowest BCUT2D eigenvalue weighted by Crippen LogP contribution is -2.42. The smallest absolute Gasteiger partial charge is 0.191 e. The molecule has 0 atom stereocenters. The van der Waals surface area contributed by atoms with E-state index in [4.69, 9.17) is 5.26 Å². The van der Waals surface area contributed by atoms with Gasteiger partial charge in [-0.05, 0) is 36.8 Å². The zero-order valence-electron chi connectivity index (χ0n) is 14.4. The Morgan fingerprint density at radius 1 is 1.33 bits per heavy atom. The average Bonchev–Trinajstić information content (AvgIpc) is 3.05. The van der Waals surface area contributed by atoms with Crippen molar-refractivity contribution < 1.29 is 4.39 Å². The minimum Gasteiger partial charge on any atom is -0.356 e. The normalized spacial score (nSPS) is 16.2. The fraction of sp³-hybridized carbons (Fsp3) is 0.556. The summed E-state index contributed by atoms with van der Waals surface area (Å²) in [5, 5.41) is 15.3. The first kappa shape index (κ1) is 20.7. The van der Waals surface area contributed by atoms with Gasteiger partial charge >= 0.3 is 0 Å². The molecule has 0 aromatic heterocycles. The molecule has 0 saturated heterocycles. The lowest BCUT2D eigenvalue weighted by molar-refractivity contribution is 0.283. The van der Waals surface area contributed by atoms with Crippen LogP contribution in [-0.4, -0.2) is 19.6 Å². The highest BCUT2D eigenvalue weighted by atomic mass is 127. The van der Waals surface area contributed by atoms with Crippen molar-refractivity contribution in [1.82, 2.24) is 10.6 Å². The van der Waals surface area contributed by atoms with E-state index >= 15 is 0 Å². The molecule has 24 heavy (non-hydrogen) atoms. The quantitative estimate of drug-likeness (QED) is 0.411. The minimum atomic E-state index is -0.368. The maximum absolute atomic E-state index is 13.9. The number of nitriles is 1. The van der Waals surface area contributed by atoms with Gasteiger partial charge in [0.05, 0.1) is 11.6 Å². The number of hydrogen-bond donors (Lipinski definition) is 2. The van der Waals surface area contributed by atoms with Gasteiger partial charge in [0, 0.05) is 25.7 Å². The Kier molecular flexibility index (Phi) is 8.46. The van der Waals surface area contributed by atoms with Gasteiger partial charge in [-0.15, -0.1) is 24.0 Å². The highest BCUT2D eigenvalue weighted by Gasteiger charge is 2.31. The van der Waals surface area contributed by atoms with Crippen LogP contribution in [0.1, 0.15) is 50.2 Å². The second-order valence-corrected chi connectivity index (χ2v) is 6.26. The molecule has 1 aromatic carbocycles. The molecule has 132 valence electrons. The van der Waals surface area contributed by atoms with Crippen molar-refractivity contribution in [3.05, 3.63) is 35.1 Å². The third-order valence-electron chi connectivity index (χ3n) is 4.90. The summed E-state index contributed by atoms with van der Waals surface area (Å²) in [7, 11) is 1.72. The second kappa shape index (κ2) is 9.82. The average molecular weight is 444 g/mol. The minimum absolute atomic E-state index is 0. The van der Waals surface area contributed by atoms with Crippen molar-refractivity contribution in [2.24, 2.45) is 10.4 Å². The Balaban J connectivity index is 0.00000288. The van der Waals surface area contributed by atoms with E-state index in [0.717, 1.165) is 6.54 Å². The molecule has 0 bridgehead atoms. The van der Waals surface area contributed by atoms with Gasteiger partial charge in [0.25, 0.3) is 0 Å². The molecule has 2 rings (SSSR count). The maximum atomic E-state index is 13.9. The summed E-state index contributed by atoms with van der Waals surface area (Å²) in [5.41, 5.74) is 1.23. The Bertz CT molecular complexity index is 604. The van der Waals surface area contributed by atoms with E-state index in [9.17, 15) is 4.39 Å². The number of rotatable bonds is 5. The summed E-state index contributed by atoms with van der Waals surface area (Å²) in [6.45, 7) is 3.49. The monoisotopic (exact) mass is 444 g/mol. The predicted octanol–water partition coefficient (Wildman–Crippen LogP) is 3.95. The van der Waals surface area contributed by atoms with Gasteiger partial charge in [-0.1, -0.05) is 25.8 Å². The van der Waals surface area contributed by atoms with Crippen LogP contribution in [0, 0.1) is 22.6 Å². The summed E-state index contributed by atoms with van der Waals surface area (Å²) in [4.78, 5) is 4.21. The molecule has 1 aromatic rings. The molecule has 0 heterocycles. The number of aliphatic imine (C=N–C) groups is 1. The number of nitrogens with one attached hydrogen (secondary N) is 2. The van der Waals surface area contributed by atoms with Crippen LogP contribution in [0.15, 0.2) is 23.2 Å². The summed E-state index contributed by atoms with van der Waals surface area (Å²) >= 11 is 0. The Hall–Kier alpha value is -1.36. The van der Waals surface area contributed by atoms with Gasteiger partial charge in [-0.25, -0.2) is 4.39 Å². The van der Waals surface area contributed by atoms with Gasteiger partial charge in [-0.2, -0.15) is 5.26 Å². The van der Waals surface area contributed by atoms with Gasteiger partial charge in [0.15, 0.2) is 5.96 Å². The van der Waals surface area contributed by atoms with Crippen LogP contribution in [0.5, 0.6) is 0 Å². The zero-order valence-corrected chi connectivity index (χ0v) is 16.7. The number of benzene rings is 1. The van der Waals surface area contributed by atoms with Crippen LogP contribution in [0.4, 0.5) is 4.39 Å². The Morgan fingerprint density at radius 3 is 2.58 bits per heavy atom. The molecule has 0 radical (unpaired) electrons. The second-order valence-electron chi connectivity index (χ2n) is 6.26. The standard InChI is InChI=1S/C18H25FN4.HI/c1-3-18(8-4-5-9-18)13-23-17(21-2)22-12-15-7-6-14(11-20)10-16(15)19;/h6-7,10H,3-5,8-9,12-13H2,1-2H3,(H2,21,22,23);1H. The fourth-order valence-corrected chi connectivity index (χ4v) is 3.21. The van der Waals surface area contributed by atoms with Crippen molar-refractivity contribution in [2.75, 3.05) is 13.6 Å². The number of guanidine groups is 1. The predicted molar refractivity (Wildman–Crippen MR) is 106 cm³/mol. The van der Waals surface area contributed by atoms with Gasteiger partial charge in [-0.3, -0.25) is 4.99 Å². The SMILES string of the molecule is CCC1(CNC(=NC)NCc2ccc(C#N)cc2F)CCCC1.I. The molecule has 1 aliphatic rings. The van der Waals surface area contributed by atoms with Gasteiger partial charge in [0.2, 0.25) is 0 Å². The number of halogens is 2. The molecule has 0 unspecified atom stereocenters. The van der Waals surface area contributed by atoms with Crippen LogP contribution < -0.4 is 10.6 Å². The number of nitrogens with zero attached hydrogens (tertiary/aromatic N) is 2. The van der Waals surface area contributed by atoms with E-state index in [-0.39, 0.29) is 29.8 Å². The van der Waals surface area contributed by atoms with Crippen LogP contribution in [-0.2, 0) is 6.54 Å². The van der Waals surface area contributed by atoms with Crippen molar-refractivity contribution in [2.45, 2.75) is 45.6 Å². The Morgan fingerprint density at radius 2 is 2.04 bits per heavy atom. The largest absolute Gasteiger partial charge is 0.356 e. The third-order valence-corrected chi connectivity index (χ3v) is 4.90. The summed E-state index contributed by atoms with van der Waals surface area (Å²) in [6, 6.07) is 6.46. The lowest BCUT2D eigenvalue weighted by Gasteiger charge is -2.28. The van der Waals surface area contributed by atoms with Crippen LogP contribution in [0.2, 0.25) is 0 Å². The molecular formula is C18H26FIN4. The van der Waals surface area contributed by atoms with E-state index in [1.54, 1.807) is 19.2 Å². The topological polar surface area (TPSA) is 60.2 Å². The summed E-state index contributed by atoms with van der Waals surface area (Å²) in [5.74, 6) is 0.321. The highest BCUT2D eigenvalue weighted by molar-refractivity contribution is 14.0. The maximum Gasteiger partial charge on any atom is 0.191 e. The fourth-order valence-electron chi connectivity index (χ4n) is 3.21. The first-order valence-electron chi connectivity index (χ1n) is 8.25. The molecule has 0 spiro atoms. The van der Waals surface area contributed by atoms with Crippen molar-refractivity contribution in [1.29, 1.82) is 5.26 Å². The molecule has 0 amide bonds. The van der Waals surface area contributed by atoms with Crippen molar-refractivity contribution >= 4 is 29.9 Å². The van der Waals surface area contributed by atoms with E-state index in [2.05, 4.69) is 22.5 Å². The van der Waals surface area contributed by atoms with E-state index < -0.39 is 0 Å². The first-order valence-corrected chi connectivity index (χ1v) is 8.25. The van der Waals surface area contributed by atoms with Gasteiger partial charge in [0.1, 0.15) is 5.82 Å². The van der Waals surface area contributed by atoms with Crippen LogP contribution in [0.3, 0.4) is 0 Å². The van der Waals surface area contributed by atoms with E-state index in [0.29, 0.717) is 29.0 Å². The molecular weight excluding hydrogens is 418 g/mol. The van der Waals surface area contributed by atoms with Gasteiger partial charge < -0.3 is 10.6 Å². The summed E-state index contributed by atoms with van der Waals surface area (Å²) in [6.07, 6.45) is 6.30. The van der Waals surface area contributed by atoms with Crippen molar-refractivity contribution in [3.63, 3.8) is 0 Å². The molecule has 6 heteroatoms. The molecule has 1 fully saturated rings. The molecule has 1 saturated carbocycles. The third kappa shape index (κ3) is 5.33. The zero-order chi connectivity index (χ0) is 16.7. The van der Waals surface area contributed by atoms with Crippen LogP contribution >= 0.6 is 24.0 Å². The summed E-state index contributed by atoms with van der Waals surface area (Å²) < 4.78 is 13.9. The molecule has 0 aliphatic heterocycles. The number of hydrogen-bond acceptors (Lipinski definition) is 2. The van der Waals surface area contributed by atoms with Crippen LogP contribution in [0.25, 0.3) is 0 Å². The lowest BCUT2D eigenvalue weighted by atomic mass is 9.83. The van der Waals surface area contributed by atoms with Crippen molar-refractivity contribution in [3.8, 4) is 6.07 Å². The molecule has 2 N–H and O–H groups in total.